The van der Waals surface area contributed by atoms with Gasteiger partial charge in [-0.3, -0.25) is 0 Å². The van der Waals surface area contributed by atoms with Gasteiger partial charge in [0.15, 0.2) is 17.5 Å². The lowest BCUT2D eigenvalue weighted by atomic mass is 10.1. The van der Waals surface area contributed by atoms with Crippen LogP contribution in [0.5, 0.6) is 5.75 Å². The largest absolute Gasteiger partial charge is 0.494 e. The molecule has 0 unspecified atom stereocenters. The normalized spacial score (nSPS) is 18.5. The van der Waals surface area contributed by atoms with Crippen LogP contribution >= 0.6 is 0 Å². The van der Waals surface area contributed by atoms with Gasteiger partial charge >= 0.3 is 0 Å². The zero-order chi connectivity index (χ0) is 22.7. The predicted molar refractivity (Wildman–Crippen MR) is 121 cm³/mol. The van der Waals surface area contributed by atoms with E-state index >= 15 is 0 Å². The number of halogens is 1. The molecule has 1 aliphatic heterocycles. The minimum absolute atomic E-state index is 0.0449. The summed E-state index contributed by atoms with van der Waals surface area (Å²) in [4.78, 5) is 10.6. The Morgan fingerprint density at radius 2 is 1.88 bits per heavy atom. The molecule has 1 fully saturated rings. The van der Waals surface area contributed by atoms with Gasteiger partial charge in [0, 0.05) is 18.7 Å². The molecular weight excluding hydrogens is 411 g/mol. The van der Waals surface area contributed by atoms with E-state index in [1.807, 2.05) is 62.9 Å². The van der Waals surface area contributed by atoms with Crippen LogP contribution in [-0.2, 0) is 4.74 Å². The van der Waals surface area contributed by atoms with Gasteiger partial charge in [0.1, 0.15) is 5.75 Å². The second-order valence-corrected chi connectivity index (χ2v) is 7.84. The van der Waals surface area contributed by atoms with Crippen molar-refractivity contribution in [3.63, 3.8) is 0 Å². The van der Waals surface area contributed by atoms with E-state index in [9.17, 15) is 4.39 Å². The molecule has 8 nitrogen and oxygen atoms in total. The van der Waals surface area contributed by atoms with E-state index in [2.05, 4.69) is 25.5 Å². The number of anilines is 3. The van der Waals surface area contributed by atoms with Gasteiger partial charge in [-0.25, -0.2) is 9.37 Å². The molecule has 1 saturated heterocycles. The van der Waals surface area contributed by atoms with Gasteiger partial charge in [-0.2, -0.15) is 10.1 Å². The lowest BCUT2D eigenvalue weighted by Gasteiger charge is -2.35. The highest BCUT2D eigenvalue weighted by Gasteiger charge is 2.25. The van der Waals surface area contributed by atoms with Crippen molar-refractivity contribution in [3.8, 4) is 16.9 Å². The average molecular weight is 439 g/mol. The van der Waals surface area contributed by atoms with E-state index < -0.39 is 5.82 Å². The molecule has 1 aliphatic rings. The number of aromatic nitrogens is 4. The summed E-state index contributed by atoms with van der Waals surface area (Å²) in [5.74, 6) is 1.14. The van der Waals surface area contributed by atoms with Crippen LogP contribution in [0.25, 0.3) is 11.1 Å². The Kier molecular flexibility index (Phi) is 6.45. The standard InChI is InChI=1S/C23H27FN6O2/c1-5-31-18-8-6-17(7-9-18)19-10-21(29-28-16(19)4)26-22-20(24)11-25-23(27-22)30-12-14(2)32-15(3)13-30/h6-11,14-15H,5,12-13H2,1-4H3,(H,25,26,27,29)/t14-,15+. The molecule has 32 heavy (non-hydrogen) atoms. The molecule has 3 aromatic rings. The van der Waals surface area contributed by atoms with E-state index in [4.69, 9.17) is 9.47 Å². The van der Waals surface area contributed by atoms with Gasteiger partial charge in [-0.1, -0.05) is 12.1 Å². The van der Waals surface area contributed by atoms with Crippen LogP contribution in [0.15, 0.2) is 36.5 Å². The zero-order valence-electron chi connectivity index (χ0n) is 18.7. The molecule has 0 spiro atoms. The second kappa shape index (κ2) is 9.44. The molecule has 168 valence electrons. The molecule has 1 aromatic carbocycles. The SMILES string of the molecule is CCOc1ccc(-c2cc(Nc3nc(N4C[C@@H](C)O[C@@H](C)C4)ncc3F)nnc2C)cc1. The minimum atomic E-state index is -0.562. The third-order valence-corrected chi connectivity index (χ3v) is 5.14. The lowest BCUT2D eigenvalue weighted by Crippen LogP contribution is -2.46. The van der Waals surface area contributed by atoms with Crippen molar-refractivity contribution in [1.29, 1.82) is 0 Å². The summed E-state index contributed by atoms with van der Waals surface area (Å²) >= 11 is 0. The summed E-state index contributed by atoms with van der Waals surface area (Å²) in [5.41, 5.74) is 2.61. The van der Waals surface area contributed by atoms with E-state index in [0.717, 1.165) is 22.6 Å². The van der Waals surface area contributed by atoms with Crippen molar-refractivity contribution >= 4 is 17.6 Å². The number of nitrogens with one attached hydrogen (secondary N) is 1. The highest BCUT2D eigenvalue weighted by molar-refractivity contribution is 5.70. The molecule has 0 bridgehead atoms. The number of ether oxygens (including phenoxy) is 2. The van der Waals surface area contributed by atoms with E-state index in [-0.39, 0.29) is 18.0 Å². The molecule has 2 atom stereocenters. The maximum absolute atomic E-state index is 14.5. The highest BCUT2D eigenvalue weighted by Crippen LogP contribution is 2.28. The van der Waals surface area contributed by atoms with Crippen LogP contribution in [0.4, 0.5) is 22.0 Å². The van der Waals surface area contributed by atoms with Crippen molar-refractivity contribution in [2.75, 3.05) is 29.9 Å². The van der Waals surface area contributed by atoms with E-state index in [1.54, 1.807) is 0 Å². The molecule has 9 heteroatoms. The van der Waals surface area contributed by atoms with Gasteiger partial charge in [0.05, 0.1) is 30.7 Å². The van der Waals surface area contributed by atoms with Gasteiger partial charge in [0.2, 0.25) is 5.95 Å². The Balaban J connectivity index is 1.58. The molecule has 2 aromatic heterocycles. The van der Waals surface area contributed by atoms with Crippen molar-refractivity contribution < 1.29 is 13.9 Å². The van der Waals surface area contributed by atoms with Crippen LogP contribution in [0.1, 0.15) is 26.5 Å². The maximum atomic E-state index is 14.5. The Hall–Kier alpha value is -3.33. The predicted octanol–water partition coefficient (Wildman–Crippen LogP) is 4.14. The van der Waals surface area contributed by atoms with E-state index in [1.165, 1.54) is 6.20 Å². The van der Waals surface area contributed by atoms with Crippen molar-refractivity contribution in [3.05, 3.63) is 48.0 Å². The Labute approximate surface area is 186 Å². The topological polar surface area (TPSA) is 85.3 Å². The monoisotopic (exact) mass is 438 g/mol. The number of morpholine rings is 1. The van der Waals surface area contributed by atoms with Crippen LogP contribution < -0.4 is 15.0 Å². The summed E-state index contributed by atoms with van der Waals surface area (Å²) < 4.78 is 25.8. The second-order valence-electron chi connectivity index (χ2n) is 7.84. The molecule has 0 saturated carbocycles. The number of hydrogen-bond acceptors (Lipinski definition) is 8. The van der Waals surface area contributed by atoms with Crippen LogP contribution in [0.3, 0.4) is 0 Å². The molecule has 0 aliphatic carbocycles. The summed E-state index contributed by atoms with van der Waals surface area (Å²) in [5, 5.41) is 11.4. The average Bonchev–Trinajstić information content (AvgIpc) is 2.77. The minimum Gasteiger partial charge on any atom is -0.494 e. The maximum Gasteiger partial charge on any atom is 0.227 e. The molecule has 4 rings (SSSR count). The summed E-state index contributed by atoms with van der Waals surface area (Å²) in [6, 6.07) is 9.57. The summed E-state index contributed by atoms with van der Waals surface area (Å²) in [6.45, 7) is 9.71. The first-order chi connectivity index (χ1) is 15.4. The van der Waals surface area contributed by atoms with Gasteiger partial charge < -0.3 is 19.7 Å². The third kappa shape index (κ3) is 4.94. The Morgan fingerprint density at radius 3 is 2.56 bits per heavy atom. The quantitative estimate of drug-likeness (QED) is 0.615. The first kappa shape index (κ1) is 21.9. The fraction of sp³-hybridized carbons (Fsp3) is 0.391. The molecule has 0 amide bonds. The van der Waals surface area contributed by atoms with Crippen molar-refractivity contribution in [2.24, 2.45) is 0 Å². The number of benzene rings is 1. The number of rotatable bonds is 6. The molecular formula is C23H27FN6O2. The molecule has 3 heterocycles. The Bertz CT molecular complexity index is 1070. The van der Waals surface area contributed by atoms with Crippen LogP contribution in [-0.4, -0.2) is 52.1 Å². The number of nitrogens with zero attached hydrogens (tertiary/aromatic N) is 5. The van der Waals surface area contributed by atoms with Gasteiger partial charge in [0.25, 0.3) is 0 Å². The lowest BCUT2D eigenvalue weighted by molar-refractivity contribution is -0.00572. The first-order valence-corrected chi connectivity index (χ1v) is 10.7. The van der Waals surface area contributed by atoms with Gasteiger partial charge in [-0.05, 0) is 51.5 Å². The zero-order valence-corrected chi connectivity index (χ0v) is 18.7. The first-order valence-electron chi connectivity index (χ1n) is 10.7. The smallest absolute Gasteiger partial charge is 0.227 e. The summed E-state index contributed by atoms with van der Waals surface area (Å²) in [7, 11) is 0. The molecule has 1 N–H and O–H groups in total. The van der Waals surface area contributed by atoms with Crippen molar-refractivity contribution in [1.82, 2.24) is 20.2 Å². The molecule has 0 radical (unpaired) electrons. The van der Waals surface area contributed by atoms with Crippen molar-refractivity contribution in [2.45, 2.75) is 39.9 Å². The van der Waals surface area contributed by atoms with Gasteiger partial charge in [-0.15, -0.1) is 5.10 Å². The number of hydrogen-bond donors (Lipinski definition) is 1. The number of aryl methyl sites for hydroxylation is 1. The highest BCUT2D eigenvalue weighted by atomic mass is 19.1. The Morgan fingerprint density at radius 1 is 1.16 bits per heavy atom. The fourth-order valence-corrected chi connectivity index (χ4v) is 3.76. The third-order valence-electron chi connectivity index (χ3n) is 5.14. The summed E-state index contributed by atoms with van der Waals surface area (Å²) in [6.07, 6.45) is 1.26. The van der Waals surface area contributed by atoms with Crippen LogP contribution in [0, 0.1) is 12.7 Å². The van der Waals surface area contributed by atoms with E-state index in [0.29, 0.717) is 31.5 Å². The van der Waals surface area contributed by atoms with Crippen LogP contribution in [0.2, 0.25) is 0 Å². The fourth-order valence-electron chi connectivity index (χ4n) is 3.76.